The van der Waals surface area contributed by atoms with E-state index in [9.17, 15) is 26.4 Å². The third kappa shape index (κ3) is 7.10. The van der Waals surface area contributed by atoms with Gasteiger partial charge in [-0.15, -0.1) is 0 Å². The van der Waals surface area contributed by atoms with Crippen molar-refractivity contribution in [1.29, 1.82) is 0 Å². The predicted molar refractivity (Wildman–Crippen MR) is 134 cm³/mol. The van der Waals surface area contributed by atoms with Crippen molar-refractivity contribution in [2.75, 3.05) is 13.1 Å². The highest BCUT2D eigenvalue weighted by Gasteiger charge is 2.35. The Hall–Kier alpha value is -2.01. The van der Waals surface area contributed by atoms with E-state index in [0.29, 0.717) is 34.7 Å². The maximum absolute atomic E-state index is 12.9. The van der Waals surface area contributed by atoms with E-state index in [1.807, 2.05) is 4.72 Å². The van der Waals surface area contributed by atoms with E-state index in [2.05, 4.69) is 4.90 Å². The first-order valence-corrected chi connectivity index (χ1v) is 14.3. The second-order valence-corrected chi connectivity index (χ2v) is 11.9. The number of carbonyl (C=O) groups is 1. The van der Waals surface area contributed by atoms with Crippen LogP contribution in [0.25, 0.3) is 0 Å². The third-order valence-electron chi connectivity index (χ3n) is 6.96. The molecule has 6 nitrogen and oxygen atoms in total. The van der Waals surface area contributed by atoms with Gasteiger partial charge in [0.2, 0.25) is 5.91 Å². The highest BCUT2D eigenvalue weighted by molar-refractivity contribution is 7.90. The van der Waals surface area contributed by atoms with Crippen LogP contribution in [0, 0.1) is 5.92 Å². The molecule has 1 amide bonds. The zero-order chi connectivity index (χ0) is 26.8. The molecule has 1 heterocycles. The summed E-state index contributed by atoms with van der Waals surface area (Å²) in [6.45, 7) is 1.69. The molecule has 0 bridgehead atoms. The molecule has 4 rings (SSSR count). The average molecular weight is 579 g/mol. The second-order valence-electron chi connectivity index (χ2n) is 9.43. The van der Waals surface area contributed by atoms with E-state index in [0.717, 1.165) is 57.0 Å². The van der Waals surface area contributed by atoms with E-state index in [1.54, 1.807) is 18.2 Å². The summed E-state index contributed by atoms with van der Waals surface area (Å²) < 4.78 is 71.9. The third-order valence-corrected chi connectivity index (χ3v) is 9.04. The molecule has 0 atom stereocenters. The summed E-state index contributed by atoms with van der Waals surface area (Å²) in [5.74, 6) is -0.503. The van der Waals surface area contributed by atoms with Crippen molar-refractivity contribution < 1.29 is 31.1 Å². The lowest BCUT2D eigenvalue weighted by Gasteiger charge is -2.40. The topological polar surface area (TPSA) is 75.7 Å². The Labute approximate surface area is 224 Å². The Morgan fingerprint density at radius 3 is 2.24 bits per heavy atom. The van der Waals surface area contributed by atoms with E-state index in [-0.39, 0.29) is 12.1 Å². The number of amides is 1. The van der Waals surface area contributed by atoms with Gasteiger partial charge in [-0.25, -0.2) is 13.1 Å². The molecule has 0 aromatic heterocycles. The van der Waals surface area contributed by atoms with Crippen molar-refractivity contribution in [2.24, 2.45) is 5.92 Å². The number of nitrogens with zero attached hydrogens (tertiary/aromatic N) is 1. The Morgan fingerprint density at radius 1 is 0.946 bits per heavy atom. The number of piperidine rings is 1. The van der Waals surface area contributed by atoms with Gasteiger partial charge in [0.15, 0.2) is 0 Å². The number of benzene rings is 2. The molecule has 0 radical (unpaired) electrons. The minimum absolute atomic E-state index is 0.0664. The van der Waals surface area contributed by atoms with Crippen LogP contribution in [0.3, 0.4) is 0 Å². The minimum atomic E-state index is -4.68. The highest BCUT2D eigenvalue weighted by Crippen LogP contribution is 2.33. The molecule has 37 heavy (non-hydrogen) atoms. The van der Waals surface area contributed by atoms with Gasteiger partial charge in [0.05, 0.1) is 20.5 Å². The van der Waals surface area contributed by atoms with Gasteiger partial charge >= 0.3 is 6.18 Å². The molecule has 2 aromatic rings. The van der Waals surface area contributed by atoms with Gasteiger partial charge < -0.3 is 9.64 Å². The number of alkyl halides is 3. The second kappa shape index (κ2) is 11.4. The predicted octanol–water partition coefficient (Wildman–Crippen LogP) is 5.92. The fraction of sp³-hybridized carbons (Fsp3) is 0.480. The maximum Gasteiger partial charge on any atom is 0.416 e. The summed E-state index contributed by atoms with van der Waals surface area (Å²) in [5, 5.41) is 0.918. The largest absolute Gasteiger partial charge is 0.490 e. The van der Waals surface area contributed by atoms with Crippen LogP contribution in [0.1, 0.15) is 44.1 Å². The van der Waals surface area contributed by atoms with Gasteiger partial charge in [0.25, 0.3) is 10.0 Å². The molecule has 0 unspecified atom stereocenters. The molecule has 1 saturated carbocycles. The summed E-state index contributed by atoms with van der Waals surface area (Å²) in [6.07, 6.45) is -0.441. The first-order chi connectivity index (χ1) is 17.4. The lowest BCUT2D eigenvalue weighted by molar-refractivity contribution is -0.137. The molecule has 2 aliphatic rings. The van der Waals surface area contributed by atoms with Crippen LogP contribution in [0.2, 0.25) is 10.0 Å². The molecule has 202 valence electrons. The van der Waals surface area contributed by atoms with E-state index >= 15 is 0 Å². The summed E-state index contributed by atoms with van der Waals surface area (Å²) >= 11 is 12.0. The van der Waals surface area contributed by atoms with Crippen molar-refractivity contribution in [1.82, 2.24) is 9.62 Å². The lowest BCUT2D eigenvalue weighted by atomic mass is 9.84. The average Bonchev–Trinajstić information content (AvgIpc) is 2.86. The highest BCUT2D eigenvalue weighted by atomic mass is 35.5. The number of likely N-dealkylation sites (tertiary alicyclic amines) is 1. The summed E-state index contributed by atoms with van der Waals surface area (Å²) in [4.78, 5) is 14.4. The number of nitrogens with one attached hydrogen (secondary N) is 1. The number of carbonyl (C=O) groups excluding carboxylic acids is 1. The maximum atomic E-state index is 12.9. The zero-order valence-electron chi connectivity index (χ0n) is 19.8. The number of rotatable bonds is 6. The van der Waals surface area contributed by atoms with Crippen molar-refractivity contribution >= 4 is 39.1 Å². The smallest absolute Gasteiger partial charge is 0.416 e. The van der Waals surface area contributed by atoms with Crippen LogP contribution in [-0.4, -0.2) is 44.5 Å². The normalized spacial score (nSPS) is 22.0. The number of sulfonamides is 1. The first kappa shape index (κ1) is 28.0. The summed E-state index contributed by atoms with van der Waals surface area (Å²) in [5.41, 5.74) is -1.09. The van der Waals surface area contributed by atoms with E-state index < -0.39 is 38.5 Å². The molecular formula is C25H27Cl2F3N2O4S. The van der Waals surface area contributed by atoms with Crippen molar-refractivity contribution in [2.45, 2.75) is 61.7 Å². The van der Waals surface area contributed by atoms with Gasteiger partial charge in [0.1, 0.15) is 11.9 Å². The zero-order valence-corrected chi connectivity index (χ0v) is 22.1. The lowest BCUT2D eigenvalue weighted by Crippen LogP contribution is -2.46. The fourth-order valence-electron chi connectivity index (χ4n) is 4.92. The fourth-order valence-corrected chi connectivity index (χ4v) is 6.30. The molecule has 2 aromatic carbocycles. The minimum Gasteiger partial charge on any atom is -0.490 e. The van der Waals surface area contributed by atoms with Crippen LogP contribution in [0.5, 0.6) is 5.75 Å². The summed E-state index contributed by atoms with van der Waals surface area (Å²) in [7, 11) is -4.40. The molecule has 1 aliphatic carbocycles. The van der Waals surface area contributed by atoms with Crippen molar-refractivity contribution in [3.05, 3.63) is 58.1 Å². The first-order valence-electron chi connectivity index (χ1n) is 12.0. The molecule has 1 saturated heterocycles. The van der Waals surface area contributed by atoms with Crippen molar-refractivity contribution in [3.63, 3.8) is 0 Å². The number of hydrogen-bond donors (Lipinski definition) is 1. The molecule has 0 spiro atoms. The Morgan fingerprint density at radius 2 is 1.62 bits per heavy atom. The van der Waals surface area contributed by atoms with Gasteiger partial charge in [-0.05, 0) is 68.9 Å². The Kier molecular flexibility index (Phi) is 8.62. The SMILES string of the molecule is O=C(NS(=O)(=O)c1cccc(C(F)(F)F)c1)C1CCC(N2CCC(Oc3ccc(Cl)c(Cl)c3)CC2)CC1. The standard InChI is InChI=1S/C25H27Cl2F3N2O4S/c26-22-9-8-20(15-23(22)27)36-19-10-12-32(13-11-19)18-6-4-16(5-7-18)24(33)31-37(34,35)21-3-1-2-17(14-21)25(28,29)30/h1-3,8-9,14-16,18-19H,4-7,10-13H2,(H,31,33). The Bertz CT molecular complexity index is 1230. The van der Waals surface area contributed by atoms with E-state index in [4.69, 9.17) is 27.9 Å². The quantitative estimate of drug-likeness (QED) is 0.460. The van der Waals surface area contributed by atoms with Gasteiger partial charge in [-0.3, -0.25) is 4.79 Å². The number of halogens is 5. The van der Waals surface area contributed by atoms with Gasteiger partial charge in [0, 0.05) is 31.1 Å². The number of ether oxygens (including phenoxy) is 1. The molecule has 2 fully saturated rings. The monoisotopic (exact) mass is 578 g/mol. The number of hydrogen-bond acceptors (Lipinski definition) is 5. The van der Waals surface area contributed by atoms with Crippen LogP contribution < -0.4 is 9.46 Å². The van der Waals surface area contributed by atoms with Crippen LogP contribution in [0.15, 0.2) is 47.4 Å². The Balaban J connectivity index is 1.25. The van der Waals surface area contributed by atoms with E-state index in [1.165, 1.54) is 0 Å². The molecule has 1 N–H and O–H groups in total. The van der Waals surface area contributed by atoms with Crippen molar-refractivity contribution in [3.8, 4) is 5.75 Å². The van der Waals surface area contributed by atoms with Crippen LogP contribution in [-0.2, 0) is 21.0 Å². The van der Waals surface area contributed by atoms with Crippen LogP contribution in [0.4, 0.5) is 13.2 Å². The summed E-state index contributed by atoms with van der Waals surface area (Å²) in [6, 6.07) is 8.84. The van der Waals surface area contributed by atoms with Crippen LogP contribution >= 0.6 is 23.2 Å². The van der Waals surface area contributed by atoms with Gasteiger partial charge in [-0.1, -0.05) is 29.3 Å². The van der Waals surface area contributed by atoms with Gasteiger partial charge in [-0.2, -0.15) is 13.2 Å². The molecule has 1 aliphatic heterocycles. The molecular weight excluding hydrogens is 552 g/mol. The molecule has 12 heteroatoms.